The van der Waals surface area contributed by atoms with E-state index >= 15 is 0 Å². The molecule has 1 saturated carbocycles. The predicted octanol–water partition coefficient (Wildman–Crippen LogP) is 3.32. The topological polar surface area (TPSA) is 58.2 Å². The lowest BCUT2D eigenvalue weighted by Crippen LogP contribution is -2.50. The van der Waals surface area contributed by atoms with Crippen molar-refractivity contribution in [3.63, 3.8) is 0 Å². The van der Waals surface area contributed by atoms with Crippen LogP contribution in [0.25, 0.3) is 0 Å². The van der Waals surface area contributed by atoms with Gasteiger partial charge >= 0.3 is 0 Å². The Bertz CT molecular complexity index is 628. The zero-order valence-corrected chi connectivity index (χ0v) is 14.5. The average Bonchev–Trinajstić information content (AvgIpc) is 2.37. The van der Waals surface area contributed by atoms with Crippen molar-refractivity contribution in [1.82, 2.24) is 10.0 Å². The molecule has 2 N–H and O–H groups in total. The molecule has 1 aliphatic carbocycles. The normalized spacial score (nSPS) is 17.5. The summed E-state index contributed by atoms with van der Waals surface area (Å²) in [5.41, 5.74) is 0.317. The predicted molar refractivity (Wildman–Crippen MR) is 86.4 cm³/mol. The molecule has 0 aliphatic heterocycles. The standard InChI is InChI=1S/C14H20Cl2N2O2S/c1-3-17-9-10-7-11(15)8-12(13(10)16)21(19,20)18-14(2)5-4-6-14/h7-8,17-18H,3-6,9H2,1-2H3. The van der Waals surface area contributed by atoms with Crippen LogP contribution in [0.5, 0.6) is 0 Å². The summed E-state index contributed by atoms with van der Waals surface area (Å²) in [7, 11) is -3.67. The van der Waals surface area contributed by atoms with Gasteiger partial charge in [-0.3, -0.25) is 0 Å². The third-order valence-corrected chi connectivity index (χ3v) is 6.21. The van der Waals surface area contributed by atoms with Gasteiger partial charge in [0, 0.05) is 17.1 Å². The maximum atomic E-state index is 12.6. The minimum absolute atomic E-state index is 0.0534. The first-order valence-electron chi connectivity index (χ1n) is 7.00. The number of benzene rings is 1. The fraction of sp³-hybridized carbons (Fsp3) is 0.571. The second-order valence-electron chi connectivity index (χ2n) is 5.68. The van der Waals surface area contributed by atoms with Crippen molar-refractivity contribution < 1.29 is 8.42 Å². The van der Waals surface area contributed by atoms with Gasteiger partial charge in [0.1, 0.15) is 4.90 Å². The molecule has 2 rings (SSSR count). The maximum absolute atomic E-state index is 12.6. The second kappa shape index (κ2) is 6.42. The Morgan fingerprint density at radius 3 is 2.48 bits per heavy atom. The largest absolute Gasteiger partial charge is 0.313 e. The monoisotopic (exact) mass is 350 g/mol. The highest BCUT2D eigenvalue weighted by molar-refractivity contribution is 7.89. The van der Waals surface area contributed by atoms with E-state index in [1.165, 1.54) is 6.07 Å². The molecule has 7 heteroatoms. The van der Waals surface area contributed by atoms with E-state index in [0.29, 0.717) is 17.1 Å². The van der Waals surface area contributed by atoms with Gasteiger partial charge in [0.05, 0.1) is 5.02 Å². The molecule has 1 aliphatic rings. The Kier molecular flexibility index (Phi) is 5.21. The van der Waals surface area contributed by atoms with Crippen LogP contribution in [0.2, 0.25) is 10.0 Å². The van der Waals surface area contributed by atoms with Crippen LogP contribution in [0.15, 0.2) is 17.0 Å². The van der Waals surface area contributed by atoms with Crippen molar-refractivity contribution in [3.05, 3.63) is 27.7 Å². The Balaban J connectivity index is 2.35. The zero-order chi connectivity index (χ0) is 15.7. The van der Waals surface area contributed by atoms with Gasteiger partial charge in [-0.25, -0.2) is 13.1 Å². The number of nitrogens with one attached hydrogen (secondary N) is 2. The highest BCUT2D eigenvalue weighted by atomic mass is 35.5. The Morgan fingerprint density at radius 2 is 1.95 bits per heavy atom. The Hall–Kier alpha value is -0.330. The number of hydrogen-bond donors (Lipinski definition) is 2. The fourth-order valence-electron chi connectivity index (χ4n) is 2.39. The molecular weight excluding hydrogens is 331 g/mol. The molecule has 0 unspecified atom stereocenters. The third kappa shape index (κ3) is 3.90. The molecule has 0 spiro atoms. The summed E-state index contributed by atoms with van der Waals surface area (Å²) < 4.78 is 27.9. The average molecular weight is 351 g/mol. The number of halogens is 2. The highest BCUT2D eigenvalue weighted by Crippen LogP contribution is 2.35. The van der Waals surface area contributed by atoms with Gasteiger partial charge in [0.2, 0.25) is 10.0 Å². The molecule has 1 aromatic rings. The molecule has 1 aromatic carbocycles. The summed E-state index contributed by atoms with van der Waals surface area (Å²) in [6.45, 7) is 5.12. The molecular formula is C14H20Cl2N2O2S. The lowest BCUT2D eigenvalue weighted by molar-refractivity contribution is 0.248. The first-order valence-corrected chi connectivity index (χ1v) is 9.24. The van der Waals surface area contributed by atoms with Crippen LogP contribution in [-0.4, -0.2) is 20.5 Å². The summed E-state index contributed by atoms with van der Waals surface area (Å²) >= 11 is 12.3. The Morgan fingerprint density at radius 1 is 1.29 bits per heavy atom. The molecule has 0 radical (unpaired) electrons. The van der Waals surface area contributed by atoms with E-state index in [4.69, 9.17) is 23.2 Å². The molecule has 0 saturated heterocycles. The molecule has 0 atom stereocenters. The van der Waals surface area contributed by atoms with Crippen molar-refractivity contribution in [1.29, 1.82) is 0 Å². The van der Waals surface area contributed by atoms with Gasteiger partial charge in [0.25, 0.3) is 0 Å². The molecule has 0 amide bonds. The van der Waals surface area contributed by atoms with Gasteiger partial charge < -0.3 is 5.32 Å². The lowest BCUT2D eigenvalue weighted by Gasteiger charge is -2.38. The van der Waals surface area contributed by atoms with E-state index < -0.39 is 10.0 Å². The van der Waals surface area contributed by atoms with Crippen molar-refractivity contribution in [2.75, 3.05) is 6.54 Å². The van der Waals surface area contributed by atoms with E-state index in [1.54, 1.807) is 6.07 Å². The van der Waals surface area contributed by atoms with E-state index in [0.717, 1.165) is 25.8 Å². The zero-order valence-electron chi connectivity index (χ0n) is 12.2. The molecule has 1 fully saturated rings. The highest BCUT2D eigenvalue weighted by Gasteiger charge is 2.37. The van der Waals surface area contributed by atoms with Crippen LogP contribution in [-0.2, 0) is 16.6 Å². The smallest absolute Gasteiger partial charge is 0.242 e. The summed E-state index contributed by atoms with van der Waals surface area (Å²) in [4.78, 5) is 0.0534. The maximum Gasteiger partial charge on any atom is 0.242 e. The van der Waals surface area contributed by atoms with Crippen LogP contribution in [0, 0.1) is 0 Å². The van der Waals surface area contributed by atoms with Gasteiger partial charge in [-0.1, -0.05) is 30.1 Å². The van der Waals surface area contributed by atoms with Crippen LogP contribution < -0.4 is 10.0 Å². The van der Waals surface area contributed by atoms with Gasteiger partial charge in [-0.2, -0.15) is 0 Å². The van der Waals surface area contributed by atoms with Crippen molar-refractivity contribution >= 4 is 33.2 Å². The van der Waals surface area contributed by atoms with Gasteiger partial charge in [0.15, 0.2) is 0 Å². The van der Waals surface area contributed by atoms with E-state index in [1.807, 2.05) is 13.8 Å². The van der Waals surface area contributed by atoms with Crippen molar-refractivity contribution in [2.45, 2.75) is 50.1 Å². The summed E-state index contributed by atoms with van der Waals surface area (Å²) in [5.74, 6) is 0. The van der Waals surface area contributed by atoms with Gasteiger partial charge in [-0.15, -0.1) is 0 Å². The molecule has 0 aromatic heterocycles. The number of rotatable bonds is 6. The minimum Gasteiger partial charge on any atom is -0.313 e. The van der Waals surface area contributed by atoms with Crippen molar-refractivity contribution in [2.24, 2.45) is 0 Å². The quantitative estimate of drug-likeness (QED) is 0.827. The SMILES string of the molecule is CCNCc1cc(Cl)cc(S(=O)(=O)NC2(C)CCC2)c1Cl. The molecule has 4 nitrogen and oxygen atoms in total. The molecule has 0 bridgehead atoms. The van der Waals surface area contributed by atoms with Crippen molar-refractivity contribution in [3.8, 4) is 0 Å². The van der Waals surface area contributed by atoms with Crippen LogP contribution in [0.1, 0.15) is 38.7 Å². The number of sulfonamides is 1. The summed E-state index contributed by atoms with van der Waals surface area (Å²) in [6, 6.07) is 3.10. The second-order valence-corrected chi connectivity index (χ2v) is 8.14. The van der Waals surface area contributed by atoms with Gasteiger partial charge in [-0.05, 0) is 50.4 Å². The summed E-state index contributed by atoms with van der Waals surface area (Å²) in [5, 5.41) is 3.72. The first kappa shape index (κ1) is 17.0. The van der Waals surface area contributed by atoms with Crippen LogP contribution >= 0.6 is 23.2 Å². The lowest BCUT2D eigenvalue weighted by atomic mass is 9.80. The van der Waals surface area contributed by atoms with Crippen LogP contribution in [0.3, 0.4) is 0 Å². The summed E-state index contributed by atoms with van der Waals surface area (Å²) in [6.07, 6.45) is 2.72. The van der Waals surface area contributed by atoms with E-state index in [-0.39, 0.29) is 15.5 Å². The first-order chi connectivity index (χ1) is 9.77. The van der Waals surface area contributed by atoms with E-state index in [2.05, 4.69) is 10.0 Å². The number of hydrogen-bond acceptors (Lipinski definition) is 3. The molecule has 118 valence electrons. The Labute approximate surface area is 136 Å². The fourth-order valence-corrected chi connectivity index (χ4v) is 4.79. The third-order valence-electron chi connectivity index (χ3n) is 3.77. The van der Waals surface area contributed by atoms with Crippen LogP contribution in [0.4, 0.5) is 0 Å². The molecule has 21 heavy (non-hydrogen) atoms. The van der Waals surface area contributed by atoms with E-state index in [9.17, 15) is 8.42 Å². The minimum atomic E-state index is -3.67. The molecule has 0 heterocycles.